The number of rotatable bonds is 5. The van der Waals surface area contributed by atoms with Gasteiger partial charge in [0.15, 0.2) is 0 Å². The van der Waals surface area contributed by atoms with Crippen LogP contribution in [-0.2, 0) is 0 Å². The van der Waals surface area contributed by atoms with Crippen molar-refractivity contribution in [2.24, 2.45) is 0 Å². The maximum Gasteiger partial charge on any atom is 0.259 e. The Morgan fingerprint density at radius 2 is 1.64 bits per heavy atom. The molecule has 0 bridgehead atoms. The number of hydrogen-bond acceptors (Lipinski definition) is 5. The average Bonchev–Trinajstić information content (AvgIpc) is 3.25. The Bertz CT molecular complexity index is 1110. The first-order chi connectivity index (χ1) is 13.8. The third-order valence-corrected chi connectivity index (χ3v) is 4.22. The second-order valence-corrected chi connectivity index (χ2v) is 5.99. The molecule has 0 unspecified atom stereocenters. The lowest BCUT2D eigenvalue weighted by atomic mass is 10.1. The molecule has 4 aromatic rings. The average molecular weight is 371 g/mol. The largest absolute Gasteiger partial charge is 0.495 e. The number of nitrogens with zero attached hydrogens (tertiary/aromatic N) is 2. The highest BCUT2D eigenvalue weighted by atomic mass is 16.5. The molecule has 1 amide bonds. The van der Waals surface area contributed by atoms with Crippen molar-refractivity contribution in [1.29, 1.82) is 0 Å². The summed E-state index contributed by atoms with van der Waals surface area (Å²) >= 11 is 0. The zero-order valence-corrected chi connectivity index (χ0v) is 15.1. The quantitative estimate of drug-likeness (QED) is 0.552. The number of carbonyl (C=O) groups is 1. The Morgan fingerprint density at radius 3 is 2.46 bits per heavy atom. The summed E-state index contributed by atoms with van der Waals surface area (Å²) in [5.74, 6) is 1.04. The summed E-state index contributed by atoms with van der Waals surface area (Å²) in [5, 5.41) is 6.91. The van der Waals surface area contributed by atoms with Crippen LogP contribution in [0.3, 0.4) is 0 Å². The molecule has 0 saturated carbocycles. The van der Waals surface area contributed by atoms with Crippen LogP contribution in [0, 0.1) is 0 Å². The maximum atomic E-state index is 12.9. The van der Waals surface area contributed by atoms with E-state index in [0.717, 1.165) is 5.56 Å². The van der Waals surface area contributed by atoms with Crippen LogP contribution in [0.4, 0.5) is 5.69 Å². The van der Waals surface area contributed by atoms with E-state index in [2.05, 4.69) is 15.5 Å². The Hall–Kier alpha value is -3.93. The van der Waals surface area contributed by atoms with E-state index in [1.54, 1.807) is 37.4 Å². The number of ether oxygens (including phenoxy) is 1. The summed E-state index contributed by atoms with van der Waals surface area (Å²) in [6.45, 7) is 0. The lowest BCUT2D eigenvalue weighted by Gasteiger charge is -2.11. The molecule has 0 aliphatic rings. The lowest BCUT2D eigenvalue weighted by Crippen LogP contribution is -2.13. The van der Waals surface area contributed by atoms with Crippen molar-refractivity contribution in [2.75, 3.05) is 12.4 Å². The molecule has 28 heavy (non-hydrogen) atoms. The molecule has 0 spiro atoms. The van der Waals surface area contributed by atoms with Crippen LogP contribution in [0.25, 0.3) is 22.8 Å². The minimum absolute atomic E-state index is 0.282. The molecule has 0 radical (unpaired) electrons. The maximum absolute atomic E-state index is 12.9. The first-order valence-electron chi connectivity index (χ1n) is 8.69. The fraction of sp³-hybridized carbons (Fsp3) is 0.0455. The van der Waals surface area contributed by atoms with Crippen molar-refractivity contribution in [3.63, 3.8) is 0 Å². The van der Waals surface area contributed by atoms with Gasteiger partial charge in [0.25, 0.3) is 11.8 Å². The fourth-order valence-corrected chi connectivity index (χ4v) is 2.84. The first-order valence-corrected chi connectivity index (χ1v) is 8.69. The molecule has 1 N–H and O–H groups in total. The monoisotopic (exact) mass is 371 g/mol. The van der Waals surface area contributed by atoms with Gasteiger partial charge in [-0.1, -0.05) is 59.8 Å². The van der Waals surface area contributed by atoms with E-state index in [1.165, 1.54) is 0 Å². The summed E-state index contributed by atoms with van der Waals surface area (Å²) < 4.78 is 10.7. The van der Waals surface area contributed by atoms with Crippen molar-refractivity contribution < 1.29 is 14.1 Å². The number of carbonyl (C=O) groups excluding carboxylic acids is 1. The zero-order valence-electron chi connectivity index (χ0n) is 15.1. The molecule has 6 nitrogen and oxygen atoms in total. The standard InChI is InChI=1S/C22H17N3O3/c1-27-19-14-8-7-13-18(19)23-21(26)16-11-5-6-12-17(16)22-24-20(25-28-22)15-9-3-2-4-10-15/h2-14H,1H3,(H,23,26). The molecule has 0 aliphatic heterocycles. The Kier molecular flexibility index (Phi) is 4.84. The highest BCUT2D eigenvalue weighted by Crippen LogP contribution is 2.28. The summed E-state index contributed by atoms with van der Waals surface area (Å²) in [4.78, 5) is 17.3. The predicted molar refractivity (Wildman–Crippen MR) is 106 cm³/mol. The molecule has 0 aliphatic carbocycles. The SMILES string of the molecule is COc1ccccc1NC(=O)c1ccccc1-c1nc(-c2ccccc2)no1. The van der Waals surface area contributed by atoms with Gasteiger partial charge in [0.2, 0.25) is 5.82 Å². The van der Waals surface area contributed by atoms with Gasteiger partial charge in [-0.25, -0.2) is 0 Å². The van der Waals surface area contributed by atoms with Crippen molar-refractivity contribution in [3.8, 4) is 28.6 Å². The van der Waals surface area contributed by atoms with E-state index in [4.69, 9.17) is 9.26 Å². The van der Waals surface area contributed by atoms with E-state index >= 15 is 0 Å². The van der Waals surface area contributed by atoms with Crippen LogP contribution in [-0.4, -0.2) is 23.2 Å². The van der Waals surface area contributed by atoms with Crippen molar-refractivity contribution >= 4 is 11.6 Å². The summed E-state index contributed by atoms with van der Waals surface area (Å²) in [6.07, 6.45) is 0. The van der Waals surface area contributed by atoms with Gasteiger partial charge in [0.05, 0.1) is 23.9 Å². The van der Waals surface area contributed by atoms with Crippen LogP contribution in [0.5, 0.6) is 5.75 Å². The number of aromatic nitrogens is 2. The lowest BCUT2D eigenvalue weighted by molar-refractivity contribution is 0.102. The minimum Gasteiger partial charge on any atom is -0.495 e. The molecule has 0 saturated heterocycles. The second kappa shape index (κ2) is 7.75. The van der Waals surface area contributed by atoms with E-state index in [-0.39, 0.29) is 11.8 Å². The molecule has 1 heterocycles. The van der Waals surface area contributed by atoms with E-state index in [0.29, 0.717) is 28.4 Å². The molecule has 1 aromatic heterocycles. The number of methoxy groups -OCH3 is 1. The second-order valence-electron chi connectivity index (χ2n) is 5.99. The molecule has 138 valence electrons. The van der Waals surface area contributed by atoms with Crippen LogP contribution < -0.4 is 10.1 Å². The molecule has 4 rings (SSSR count). The van der Waals surface area contributed by atoms with Crippen LogP contribution in [0.2, 0.25) is 0 Å². The van der Waals surface area contributed by atoms with E-state index < -0.39 is 0 Å². The van der Waals surface area contributed by atoms with Gasteiger partial charge in [-0.05, 0) is 24.3 Å². The number of benzene rings is 3. The molecular formula is C22H17N3O3. The highest BCUT2D eigenvalue weighted by molar-refractivity contribution is 6.08. The summed E-state index contributed by atoms with van der Waals surface area (Å²) in [7, 11) is 1.56. The summed E-state index contributed by atoms with van der Waals surface area (Å²) in [5.41, 5.74) is 2.41. The predicted octanol–water partition coefficient (Wildman–Crippen LogP) is 4.66. The molecule has 6 heteroatoms. The first kappa shape index (κ1) is 17.5. The number of hydrogen-bond donors (Lipinski definition) is 1. The van der Waals surface area contributed by atoms with Gasteiger partial charge < -0.3 is 14.6 Å². The van der Waals surface area contributed by atoms with Gasteiger partial charge in [-0.15, -0.1) is 0 Å². The van der Waals surface area contributed by atoms with Gasteiger partial charge >= 0.3 is 0 Å². The number of nitrogens with one attached hydrogen (secondary N) is 1. The van der Waals surface area contributed by atoms with E-state index in [1.807, 2.05) is 48.5 Å². The topological polar surface area (TPSA) is 77.2 Å². The van der Waals surface area contributed by atoms with Gasteiger partial charge in [-0.3, -0.25) is 4.79 Å². The van der Waals surface area contributed by atoms with E-state index in [9.17, 15) is 4.79 Å². The number of para-hydroxylation sites is 2. The third kappa shape index (κ3) is 3.48. The molecular weight excluding hydrogens is 354 g/mol. The molecule has 0 fully saturated rings. The third-order valence-electron chi connectivity index (χ3n) is 4.22. The van der Waals surface area contributed by atoms with Crippen LogP contribution in [0.15, 0.2) is 83.4 Å². The Morgan fingerprint density at radius 1 is 0.929 bits per heavy atom. The van der Waals surface area contributed by atoms with Crippen molar-refractivity contribution in [2.45, 2.75) is 0 Å². The Balaban J connectivity index is 1.66. The van der Waals surface area contributed by atoms with Crippen molar-refractivity contribution in [1.82, 2.24) is 10.1 Å². The molecule has 3 aromatic carbocycles. The van der Waals surface area contributed by atoms with Crippen LogP contribution in [0.1, 0.15) is 10.4 Å². The normalized spacial score (nSPS) is 10.5. The fourth-order valence-electron chi connectivity index (χ4n) is 2.84. The number of amides is 1. The minimum atomic E-state index is -0.292. The van der Waals surface area contributed by atoms with Gasteiger partial charge in [0, 0.05) is 5.56 Å². The van der Waals surface area contributed by atoms with Crippen molar-refractivity contribution in [3.05, 3.63) is 84.4 Å². The highest BCUT2D eigenvalue weighted by Gasteiger charge is 2.19. The van der Waals surface area contributed by atoms with Gasteiger partial charge in [-0.2, -0.15) is 4.98 Å². The Labute approximate surface area is 161 Å². The smallest absolute Gasteiger partial charge is 0.259 e. The zero-order chi connectivity index (χ0) is 19.3. The number of anilines is 1. The van der Waals surface area contributed by atoms with Gasteiger partial charge in [0.1, 0.15) is 5.75 Å². The van der Waals surface area contributed by atoms with Crippen LogP contribution >= 0.6 is 0 Å². The summed E-state index contributed by atoms with van der Waals surface area (Å²) in [6, 6.07) is 23.8. The molecule has 0 atom stereocenters.